The molecule has 72 valence electrons. The maximum absolute atomic E-state index is 11.1. The van der Waals surface area contributed by atoms with E-state index in [9.17, 15) is 16.8 Å². The lowest BCUT2D eigenvalue weighted by Gasteiger charge is -1.97. The minimum absolute atomic E-state index is 0.329. The Morgan fingerprint density at radius 2 is 1.38 bits per heavy atom. The minimum atomic E-state index is -4.61. The largest absolute Gasteiger partial charge is 0.342 e. The number of rotatable bonds is 2. The molecular formula is C6H5ClO4S2. The van der Waals surface area contributed by atoms with Gasteiger partial charge in [-0.1, -0.05) is 18.2 Å². The maximum Gasteiger partial charge on any atom is 0.342 e. The molecule has 1 aromatic rings. The molecule has 0 radical (unpaired) electrons. The lowest BCUT2D eigenvalue weighted by atomic mass is 10.4. The van der Waals surface area contributed by atoms with E-state index >= 15 is 0 Å². The van der Waals surface area contributed by atoms with Crippen molar-refractivity contribution < 1.29 is 16.8 Å². The molecule has 7 heteroatoms. The zero-order chi connectivity index (χ0) is 10.1. The fourth-order valence-electron chi connectivity index (χ4n) is 0.702. The van der Waals surface area contributed by atoms with Gasteiger partial charge in [0.2, 0.25) is 0 Å². The van der Waals surface area contributed by atoms with Gasteiger partial charge in [-0.05, 0) is 12.1 Å². The number of hydrogen-bond donors (Lipinski definition) is 0. The molecule has 4 nitrogen and oxygen atoms in total. The van der Waals surface area contributed by atoms with E-state index in [0.717, 1.165) is 12.1 Å². The first-order chi connectivity index (χ1) is 5.86. The van der Waals surface area contributed by atoms with Crippen LogP contribution in [0.25, 0.3) is 0 Å². The summed E-state index contributed by atoms with van der Waals surface area (Å²) in [7, 11) is -4.31. The van der Waals surface area contributed by atoms with Crippen LogP contribution < -0.4 is 0 Å². The molecule has 0 bridgehead atoms. The highest BCUT2D eigenvalue weighted by molar-refractivity contribution is 8.75. The number of hydrogen-bond acceptors (Lipinski definition) is 4. The van der Waals surface area contributed by atoms with Gasteiger partial charge in [-0.2, -0.15) is 8.42 Å². The molecule has 1 aromatic carbocycles. The van der Waals surface area contributed by atoms with Crippen molar-refractivity contribution in [2.24, 2.45) is 0 Å². The lowest BCUT2D eigenvalue weighted by molar-refractivity contribution is 0.589. The summed E-state index contributed by atoms with van der Waals surface area (Å²) in [5.74, 6) is 0. The molecule has 1 rings (SSSR count). The van der Waals surface area contributed by atoms with Crippen LogP contribution >= 0.6 is 10.7 Å². The quantitative estimate of drug-likeness (QED) is 0.570. The van der Waals surface area contributed by atoms with Crippen LogP contribution in [-0.2, 0) is 17.0 Å². The van der Waals surface area contributed by atoms with Crippen LogP contribution in [0.5, 0.6) is 0 Å². The fraction of sp³-hybridized carbons (Fsp3) is 0. The molecule has 0 atom stereocenters. The summed E-state index contributed by atoms with van der Waals surface area (Å²) in [6.45, 7) is 0. The Balaban J connectivity index is 3.43. The summed E-state index contributed by atoms with van der Waals surface area (Å²) in [6, 6.07) is 6.72. The Labute approximate surface area is 79.9 Å². The van der Waals surface area contributed by atoms with Crippen molar-refractivity contribution in [3.8, 4) is 0 Å². The second-order valence-corrected chi connectivity index (χ2v) is 8.73. The van der Waals surface area contributed by atoms with Gasteiger partial charge < -0.3 is 0 Å². The molecule has 0 saturated heterocycles. The van der Waals surface area contributed by atoms with Crippen molar-refractivity contribution in [1.29, 1.82) is 0 Å². The van der Waals surface area contributed by atoms with Crippen LogP contribution in [0.3, 0.4) is 0 Å². The summed E-state index contributed by atoms with van der Waals surface area (Å²) in [4.78, 5) is -0.329. The van der Waals surface area contributed by atoms with Gasteiger partial charge in [0.15, 0.2) is 0 Å². The molecule has 0 aliphatic rings. The maximum atomic E-state index is 11.1. The zero-order valence-electron chi connectivity index (χ0n) is 6.21. The first-order valence-electron chi connectivity index (χ1n) is 3.10. The van der Waals surface area contributed by atoms with Gasteiger partial charge in [0.1, 0.15) is 0 Å². The molecule has 0 amide bonds. The van der Waals surface area contributed by atoms with E-state index in [0.29, 0.717) is 0 Å². The average molecular weight is 241 g/mol. The number of halogens is 1. The van der Waals surface area contributed by atoms with Gasteiger partial charge >= 0.3 is 8.08 Å². The SMILES string of the molecule is O=S(=O)(Cl)S(=O)(=O)c1ccccc1. The topological polar surface area (TPSA) is 68.3 Å². The third-order valence-corrected chi connectivity index (χ3v) is 6.31. The molecule has 0 spiro atoms. The van der Waals surface area contributed by atoms with Gasteiger partial charge in [0.05, 0.1) is 4.90 Å². The van der Waals surface area contributed by atoms with E-state index in [1.165, 1.54) is 12.1 Å². The van der Waals surface area contributed by atoms with Crippen molar-refractivity contribution in [2.75, 3.05) is 0 Å². The third-order valence-electron chi connectivity index (χ3n) is 1.29. The standard InChI is InChI=1S/C6H5ClO4S2/c7-13(10,11)12(8,9)6-4-2-1-3-5-6/h1-5H. The third kappa shape index (κ3) is 2.01. The smallest absolute Gasteiger partial charge is 0.206 e. The van der Waals surface area contributed by atoms with Crippen molar-refractivity contribution in [3.05, 3.63) is 30.3 Å². The molecule has 0 unspecified atom stereocenters. The molecule has 0 aromatic heterocycles. The molecule has 0 N–H and O–H groups in total. The lowest BCUT2D eigenvalue weighted by Crippen LogP contribution is -2.08. The molecular weight excluding hydrogens is 236 g/mol. The van der Waals surface area contributed by atoms with Crippen molar-refractivity contribution in [3.63, 3.8) is 0 Å². The monoisotopic (exact) mass is 240 g/mol. The fourth-order valence-corrected chi connectivity index (χ4v) is 3.10. The van der Waals surface area contributed by atoms with Gasteiger partial charge in [-0.3, -0.25) is 0 Å². The predicted octanol–water partition coefficient (Wildman–Crippen LogP) is 0.944. The highest BCUT2D eigenvalue weighted by atomic mass is 35.8. The van der Waals surface area contributed by atoms with E-state index in [1.807, 2.05) is 0 Å². The molecule has 0 aliphatic carbocycles. The molecule has 0 saturated carbocycles. The van der Waals surface area contributed by atoms with Gasteiger partial charge in [-0.15, -0.1) is 0 Å². The van der Waals surface area contributed by atoms with Crippen molar-refractivity contribution in [2.45, 2.75) is 4.90 Å². The van der Waals surface area contributed by atoms with Crippen LogP contribution in [0.1, 0.15) is 0 Å². The van der Waals surface area contributed by atoms with Crippen LogP contribution in [0.4, 0.5) is 0 Å². The summed E-state index contributed by atoms with van der Waals surface area (Å²) in [5.41, 5.74) is 0. The normalized spacial score (nSPS) is 12.7. The molecule has 13 heavy (non-hydrogen) atoms. The second-order valence-electron chi connectivity index (χ2n) is 2.16. The van der Waals surface area contributed by atoms with Gasteiger partial charge in [0.25, 0.3) is 8.87 Å². The highest BCUT2D eigenvalue weighted by Crippen LogP contribution is 2.19. The van der Waals surface area contributed by atoms with Crippen LogP contribution in [0.2, 0.25) is 0 Å². The molecule has 0 aliphatic heterocycles. The van der Waals surface area contributed by atoms with E-state index in [4.69, 9.17) is 10.7 Å². The van der Waals surface area contributed by atoms with Crippen LogP contribution in [0, 0.1) is 0 Å². The Morgan fingerprint density at radius 3 is 1.77 bits per heavy atom. The van der Waals surface area contributed by atoms with E-state index in [-0.39, 0.29) is 4.90 Å². The van der Waals surface area contributed by atoms with Crippen LogP contribution in [0.15, 0.2) is 35.2 Å². The summed E-state index contributed by atoms with van der Waals surface area (Å²) >= 11 is 0. The minimum Gasteiger partial charge on any atom is -0.206 e. The average Bonchev–Trinajstić information content (AvgIpc) is 2.04. The highest BCUT2D eigenvalue weighted by Gasteiger charge is 2.28. The first-order valence-corrected chi connectivity index (χ1v) is 7.41. The van der Waals surface area contributed by atoms with Gasteiger partial charge in [0, 0.05) is 10.7 Å². The molecule has 0 heterocycles. The Hall–Kier alpha value is -0.590. The second kappa shape index (κ2) is 3.28. The Morgan fingerprint density at radius 1 is 0.923 bits per heavy atom. The Bertz CT molecular complexity index is 489. The Kier molecular flexibility index (Phi) is 2.65. The zero-order valence-corrected chi connectivity index (χ0v) is 8.60. The van der Waals surface area contributed by atoms with E-state index < -0.39 is 17.0 Å². The number of benzene rings is 1. The van der Waals surface area contributed by atoms with E-state index in [1.54, 1.807) is 6.07 Å². The van der Waals surface area contributed by atoms with Crippen molar-refractivity contribution >= 4 is 27.6 Å². The van der Waals surface area contributed by atoms with Gasteiger partial charge in [-0.25, -0.2) is 8.42 Å². The van der Waals surface area contributed by atoms with Crippen LogP contribution in [-0.4, -0.2) is 16.8 Å². The van der Waals surface area contributed by atoms with E-state index in [2.05, 4.69) is 0 Å². The summed E-state index contributed by atoms with van der Waals surface area (Å²) in [5, 5.41) is 0. The summed E-state index contributed by atoms with van der Waals surface area (Å²) < 4.78 is 43.5. The van der Waals surface area contributed by atoms with Crippen molar-refractivity contribution in [1.82, 2.24) is 0 Å². The summed E-state index contributed by atoms with van der Waals surface area (Å²) in [6.07, 6.45) is 0. The first kappa shape index (κ1) is 10.5. The molecule has 0 fully saturated rings. The predicted molar refractivity (Wildman–Crippen MR) is 48.4 cm³/mol.